The van der Waals surface area contributed by atoms with Gasteiger partial charge in [0.05, 0.1) is 44.5 Å². The molecule has 15 nitrogen and oxygen atoms in total. The van der Waals surface area contributed by atoms with E-state index in [0.717, 1.165) is 13.4 Å². The van der Waals surface area contributed by atoms with Crippen LogP contribution < -0.4 is 0 Å². The van der Waals surface area contributed by atoms with Crippen LogP contribution in [0, 0.1) is 11.8 Å². The van der Waals surface area contributed by atoms with E-state index in [1.54, 1.807) is 0 Å². The Balaban J connectivity index is 2.00. The number of hydrogen-bond donors (Lipinski definition) is 6. The number of fused-ring (bicyclic) bond motifs is 1. The second-order valence-electron chi connectivity index (χ2n) is 9.12. The van der Waals surface area contributed by atoms with Gasteiger partial charge in [0.2, 0.25) is 11.9 Å². The van der Waals surface area contributed by atoms with Crippen molar-refractivity contribution < 1.29 is 73.4 Å². The van der Waals surface area contributed by atoms with Gasteiger partial charge >= 0.3 is 17.9 Å². The van der Waals surface area contributed by atoms with Crippen LogP contribution in [0.5, 0.6) is 0 Å². The highest BCUT2D eigenvalue weighted by Gasteiger charge is 2.53. The summed E-state index contributed by atoms with van der Waals surface area (Å²) in [5.74, 6) is -5.44. The van der Waals surface area contributed by atoms with Gasteiger partial charge in [-0.1, -0.05) is 0 Å². The van der Waals surface area contributed by atoms with E-state index in [4.69, 9.17) is 28.4 Å². The van der Waals surface area contributed by atoms with Gasteiger partial charge in [-0.05, 0) is 13.8 Å². The van der Waals surface area contributed by atoms with E-state index in [9.17, 15) is 45.0 Å². The van der Waals surface area contributed by atoms with Crippen LogP contribution in [-0.2, 0) is 42.8 Å². The summed E-state index contributed by atoms with van der Waals surface area (Å²) in [7, 11) is 1.10. The van der Waals surface area contributed by atoms with Crippen LogP contribution in [0.1, 0.15) is 20.3 Å². The zero-order valence-corrected chi connectivity index (χ0v) is 20.3. The zero-order chi connectivity index (χ0) is 27.7. The van der Waals surface area contributed by atoms with E-state index in [-0.39, 0.29) is 5.57 Å². The number of esters is 3. The quantitative estimate of drug-likeness (QED) is 0.148. The number of aliphatic hydroxyl groups is 6. The predicted octanol–water partition coefficient (Wildman–Crippen LogP) is -3.56. The molecule has 15 heteroatoms. The van der Waals surface area contributed by atoms with Crippen molar-refractivity contribution in [1.29, 1.82) is 0 Å². The van der Waals surface area contributed by atoms with E-state index in [0.29, 0.717) is 0 Å². The topological polar surface area (TPSA) is 228 Å². The summed E-state index contributed by atoms with van der Waals surface area (Å²) in [6.07, 6.45) is -12.0. The Hall–Kier alpha value is -2.37. The van der Waals surface area contributed by atoms with Gasteiger partial charge in [-0.25, -0.2) is 9.59 Å². The third kappa shape index (κ3) is 5.58. The maximum absolute atomic E-state index is 12.8. The predicted molar refractivity (Wildman–Crippen MR) is 115 cm³/mol. The van der Waals surface area contributed by atoms with Crippen LogP contribution in [0.15, 0.2) is 11.8 Å². The lowest BCUT2D eigenvalue weighted by Gasteiger charge is -2.45. The van der Waals surface area contributed by atoms with E-state index >= 15 is 0 Å². The van der Waals surface area contributed by atoms with Crippen LogP contribution in [0.3, 0.4) is 0 Å². The van der Waals surface area contributed by atoms with Crippen molar-refractivity contribution in [1.82, 2.24) is 0 Å². The Morgan fingerprint density at radius 2 is 1.76 bits per heavy atom. The molecular formula is C22H32O15. The second-order valence-corrected chi connectivity index (χ2v) is 9.12. The first-order valence-electron chi connectivity index (χ1n) is 11.5. The number of cyclic esters (lactones) is 2. The molecule has 2 unspecified atom stereocenters. The van der Waals surface area contributed by atoms with Crippen molar-refractivity contribution in [3.63, 3.8) is 0 Å². The van der Waals surface area contributed by atoms with Crippen LogP contribution in [-0.4, -0.2) is 124 Å². The summed E-state index contributed by atoms with van der Waals surface area (Å²) in [6, 6.07) is 0. The molecule has 0 saturated carbocycles. The van der Waals surface area contributed by atoms with Crippen molar-refractivity contribution in [2.45, 2.75) is 75.1 Å². The van der Waals surface area contributed by atoms with Crippen molar-refractivity contribution in [2.75, 3.05) is 20.3 Å². The van der Waals surface area contributed by atoms with Crippen molar-refractivity contribution in [3.8, 4) is 0 Å². The standard InChI is InChI=1S/C22H32O15/c1-8-14-10(4-13(25)35-9(2)22(31,7-24)21(30)34-8)11(18(29)32-3)6-33-19(14)37-20-17(28)16(27)15(26)12(5-23)36-20/h6,8-10,12,14-17,19-20,23-24,26-28,31H,4-5,7H2,1-3H3/t8-,9?,10+,12+,14+,15+,16-,17+,19-,20-,22?/m0/s1. The number of hydrogen-bond acceptors (Lipinski definition) is 15. The minimum atomic E-state index is -2.60. The molecule has 0 bridgehead atoms. The highest BCUT2D eigenvalue weighted by Crippen LogP contribution is 2.40. The lowest BCUT2D eigenvalue weighted by Crippen LogP contribution is -2.61. The first-order chi connectivity index (χ1) is 17.4. The van der Waals surface area contributed by atoms with Crippen LogP contribution >= 0.6 is 0 Å². The summed E-state index contributed by atoms with van der Waals surface area (Å²) in [4.78, 5) is 38.0. The largest absolute Gasteiger partial charge is 0.471 e. The van der Waals surface area contributed by atoms with Gasteiger partial charge < -0.3 is 59.1 Å². The number of carbonyl (C=O) groups excluding carboxylic acids is 3. The van der Waals surface area contributed by atoms with Gasteiger partial charge in [0.25, 0.3) is 0 Å². The third-order valence-corrected chi connectivity index (χ3v) is 6.84. The Morgan fingerprint density at radius 3 is 2.35 bits per heavy atom. The van der Waals surface area contributed by atoms with Crippen LogP contribution in [0.2, 0.25) is 0 Å². The molecule has 0 aromatic heterocycles. The molecule has 0 aromatic carbocycles. The molecule has 0 radical (unpaired) electrons. The molecule has 3 aliphatic rings. The normalized spacial score (nSPS) is 42.9. The Bertz CT molecular complexity index is 889. The van der Waals surface area contributed by atoms with Gasteiger partial charge in [-0.15, -0.1) is 0 Å². The lowest BCUT2D eigenvalue weighted by molar-refractivity contribution is -0.345. The molecule has 210 valence electrons. The molecule has 3 heterocycles. The molecule has 3 aliphatic heterocycles. The molecule has 0 aromatic rings. The fourth-order valence-electron chi connectivity index (χ4n) is 4.49. The van der Waals surface area contributed by atoms with E-state index in [1.165, 1.54) is 13.8 Å². The summed E-state index contributed by atoms with van der Waals surface area (Å²) in [5, 5.41) is 60.2. The summed E-state index contributed by atoms with van der Waals surface area (Å²) < 4.78 is 31.9. The van der Waals surface area contributed by atoms with Gasteiger partial charge in [0, 0.05) is 5.92 Å². The molecule has 6 N–H and O–H groups in total. The van der Waals surface area contributed by atoms with Crippen LogP contribution in [0.4, 0.5) is 0 Å². The first-order valence-corrected chi connectivity index (χ1v) is 11.5. The summed E-state index contributed by atoms with van der Waals surface area (Å²) in [6.45, 7) is 0.686. The van der Waals surface area contributed by atoms with Crippen molar-refractivity contribution >= 4 is 17.9 Å². The second kappa shape index (κ2) is 11.6. The molecule has 2 fully saturated rings. The highest BCUT2D eigenvalue weighted by molar-refractivity contribution is 5.90. The number of aliphatic hydroxyl groups excluding tert-OH is 5. The molecule has 0 amide bonds. The molecule has 3 rings (SSSR count). The Labute approximate surface area is 211 Å². The number of methoxy groups -OCH3 is 1. The smallest absolute Gasteiger partial charge is 0.344 e. The van der Waals surface area contributed by atoms with Gasteiger partial charge in [0.1, 0.15) is 36.6 Å². The fraction of sp³-hybridized carbons (Fsp3) is 0.773. The lowest BCUT2D eigenvalue weighted by atomic mass is 9.78. The highest BCUT2D eigenvalue weighted by atomic mass is 16.8. The fourth-order valence-corrected chi connectivity index (χ4v) is 4.49. The van der Waals surface area contributed by atoms with Gasteiger partial charge in [-0.3, -0.25) is 4.79 Å². The Morgan fingerprint density at radius 1 is 1.08 bits per heavy atom. The maximum atomic E-state index is 12.8. The van der Waals surface area contributed by atoms with Gasteiger partial charge in [-0.2, -0.15) is 0 Å². The SMILES string of the molecule is COC(=O)C1=CO[C@@H](O[C@@H]2O[C@H](CO)[C@@H](O)[C@H](O)[C@H]2O)[C@@H]2[C@H](C)OC(=O)C(O)(CO)C(C)OC(=O)C[C@H]12. The molecule has 2 saturated heterocycles. The monoisotopic (exact) mass is 536 g/mol. The zero-order valence-electron chi connectivity index (χ0n) is 20.3. The van der Waals surface area contributed by atoms with E-state index < -0.39 is 104 Å². The molecule has 37 heavy (non-hydrogen) atoms. The molecular weight excluding hydrogens is 504 g/mol. The number of ether oxygens (including phenoxy) is 6. The minimum Gasteiger partial charge on any atom is -0.471 e. The third-order valence-electron chi connectivity index (χ3n) is 6.84. The molecule has 0 spiro atoms. The average Bonchev–Trinajstić information content (AvgIpc) is 2.87. The van der Waals surface area contributed by atoms with E-state index in [2.05, 4.69) is 0 Å². The average molecular weight is 536 g/mol. The molecule has 0 aliphatic carbocycles. The minimum absolute atomic E-state index is 0.133. The van der Waals surface area contributed by atoms with Gasteiger partial charge in [0.15, 0.2) is 6.29 Å². The summed E-state index contributed by atoms with van der Waals surface area (Å²) in [5.41, 5.74) is -2.73. The maximum Gasteiger partial charge on any atom is 0.344 e. The van der Waals surface area contributed by atoms with Crippen molar-refractivity contribution in [3.05, 3.63) is 11.8 Å². The first kappa shape index (κ1) is 29.2. The van der Waals surface area contributed by atoms with Crippen molar-refractivity contribution in [2.24, 2.45) is 11.8 Å². The Kier molecular flexibility index (Phi) is 9.13. The van der Waals surface area contributed by atoms with E-state index in [1.807, 2.05) is 0 Å². The van der Waals surface area contributed by atoms with Crippen LogP contribution in [0.25, 0.3) is 0 Å². The molecule has 11 atom stereocenters. The summed E-state index contributed by atoms with van der Waals surface area (Å²) >= 11 is 0. The number of rotatable bonds is 5. The number of carbonyl (C=O) groups is 3.